The van der Waals surface area contributed by atoms with E-state index in [-0.39, 0.29) is 5.82 Å². The molecule has 148 valence electrons. The summed E-state index contributed by atoms with van der Waals surface area (Å²) in [5.74, 6) is 1.87. The molecule has 1 heterocycles. The minimum absolute atomic E-state index is 0.237. The fraction of sp³-hybridized carbons (Fsp3) is 0.286. The molecule has 0 aliphatic carbocycles. The molecular formula is C21H25FN4O2. The number of hydrogen-bond donors (Lipinski definition) is 3. The van der Waals surface area contributed by atoms with Gasteiger partial charge in [-0.25, -0.2) is 4.39 Å². The van der Waals surface area contributed by atoms with Crippen molar-refractivity contribution in [3.05, 3.63) is 59.5 Å². The lowest BCUT2D eigenvalue weighted by Gasteiger charge is -2.13. The number of nitrogens with zero attached hydrogens (tertiary/aromatic N) is 1. The fourth-order valence-corrected chi connectivity index (χ4v) is 3.08. The summed E-state index contributed by atoms with van der Waals surface area (Å²) in [6.45, 7) is 1.31. The molecule has 0 saturated heterocycles. The van der Waals surface area contributed by atoms with Crippen molar-refractivity contribution >= 4 is 16.9 Å². The van der Waals surface area contributed by atoms with E-state index in [1.165, 1.54) is 12.1 Å². The van der Waals surface area contributed by atoms with Crippen LogP contribution in [0.25, 0.3) is 10.9 Å². The van der Waals surface area contributed by atoms with Crippen LogP contribution >= 0.6 is 0 Å². The summed E-state index contributed by atoms with van der Waals surface area (Å²) in [5, 5.41) is 7.62. The fourth-order valence-electron chi connectivity index (χ4n) is 3.08. The van der Waals surface area contributed by atoms with Gasteiger partial charge in [-0.15, -0.1) is 0 Å². The highest BCUT2D eigenvalue weighted by molar-refractivity contribution is 5.83. The molecular weight excluding hydrogens is 359 g/mol. The Bertz CT molecular complexity index is 968. The molecule has 6 nitrogen and oxygen atoms in total. The molecule has 0 unspecified atom stereocenters. The van der Waals surface area contributed by atoms with Gasteiger partial charge in [-0.05, 0) is 47.9 Å². The largest absolute Gasteiger partial charge is 0.493 e. The average molecular weight is 384 g/mol. The first-order valence-corrected chi connectivity index (χ1v) is 9.05. The van der Waals surface area contributed by atoms with Crippen LogP contribution in [0.3, 0.4) is 0 Å². The normalized spacial score (nSPS) is 11.5. The molecule has 0 aliphatic heterocycles. The molecule has 1 aromatic heterocycles. The number of hydrogen-bond acceptors (Lipinski definition) is 3. The van der Waals surface area contributed by atoms with Crippen LogP contribution in [0.2, 0.25) is 0 Å². The summed E-state index contributed by atoms with van der Waals surface area (Å²) in [7, 11) is 4.97. The van der Waals surface area contributed by atoms with E-state index in [4.69, 9.17) is 9.47 Å². The van der Waals surface area contributed by atoms with Crippen LogP contribution in [-0.2, 0) is 13.0 Å². The number of aromatic nitrogens is 1. The molecule has 28 heavy (non-hydrogen) atoms. The zero-order valence-corrected chi connectivity index (χ0v) is 16.3. The molecule has 0 bridgehead atoms. The summed E-state index contributed by atoms with van der Waals surface area (Å²) in [5.41, 5.74) is 3.00. The second kappa shape index (κ2) is 9.12. The van der Waals surface area contributed by atoms with Crippen molar-refractivity contribution in [3.8, 4) is 11.5 Å². The van der Waals surface area contributed by atoms with Crippen molar-refractivity contribution in [2.24, 2.45) is 4.99 Å². The van der Waals surface area contributed by atoms with Crippen LogP contribution in [-0.4, -0.2) is 38.8 Å². The zero-order chi connectivity index (χ0) is 19.9. The SMILES string of the molecule is CN=C(NCCc1c[nH]c2cc(F)ccc12)NCc1ccc(OC)c(OC)c1. The Balaban J connectivity index is 1.53. The first kappa shape index (κ1) is 19.5. The van der Waals surface area contributed by atoms with E-state index in [2.05, 4.69) is 20.6 Å². The number of aromatic amines is 1. The lowest BCUT2D eigenvalue weighted by molar-refractivity contribution is 0.354. The van der Waals surface area contributed by atoms with Gasteiger partial charge < -0.3 is 25.1 Å². The third kappa shape index (κ3) is 4.54. The van der Waals surface area contributed by atoms with Gasteiger partial charge in [0.05, 0.1) is 14.2 Å². The highest BCUT2D eigenvalue weighted by Crippen LogP contribution is 2.27. The Labute approximate surface area is 163 Å². The first-order valence-electron chi connectivity index (χ1n) is 9.05. The number of ether oxygens (including phenoxy) is 2. The molecule has 0 radical (unpaired) electrons. The Hall–Kier alpha value is -3.22. The second-order valence-corrected chi connectivity index (χ2v) is 6.30. The topological polar surface area (TPSA) is 70.7 Å². The number of benzene rings is 2. The van der Waals surface area contributed by atoms with Gasteiger partial charge in [-0.3, -0.25) is 4.99 Å². The predicted molar refractivity (Wildman–Crippen MR) is 110 cm³/mol. The summed E-state index contributed by atoms with van der Waals surface area (Å²) < 4.78 is 23.9. The average Bonchev–Trinajstić information content (AvgIpc) is 3.12. The number of H-pyrrole nitrogens is 1. The van der Waals surface area contributed by atoms with Gasteiger partial charge in [0.25, 0.3) is 0 Å². The molecule has 0 saturated carbocycles. The van der Waals surface area contributed by atoms with Gasteiger partial charge in [0.2, 0.25) is 0 Å². The van der Waals surface area contributed by atoms with E-state index in [1.54, 1.807) is 27.3 Å². The third-order valence-electron chi connectivity index (χ3n) is 4.55. The maximum Gasteiger partial charge on any atom is 0.191 e. The summed E-state index contributed by atoms with van der Waals surface area (Å²) in [6, 6.07) is 10.6. The van der Waals surface area contributed by atoms with Gasteiger partial charge in [0, 0.05) is 37.2 Å². The van der Waals surface area contributed by atoms with Crippen LogP contribution in [0.1, 0.15) is 11.1 Å². The van der Waals surface area contributed by atoms with Gasteiger partial charge in [0.1, 0.15) is 5.82 Å². The monoisotopic (exact) mass is 384 g/mol. The minimum Gasteiger partial charge on any atom is -0.493 e. The number of halogens is 1. The first-order chi connectivity index (χ1) is 13.6. The van der Waals surface area contributed by atoms with Crippen molar-refractivity contribution < 1.29 is 13.9 Å². The summed E-state index contributed by atoms with van der Waals surface area (Å²) in [6.07, 6.45) is 2.72. The number of aliphatic imine (C=N–C) groups is 1. The second-order valence-electron chi connectivity index (χ2n) is 6.30. The van der Waals surface area contributed by atoms with Crippen molar-refractivity contribution in [1.82, 2.24) is 15.6 Å². The third-order valence-corrected chi connectivity index (χ3v) is 4.55. The van der Waals surface area contributed by atoms with Crippen molar-refractivity contribution in [2.75, 3.05) is 27.8 Å². The molecule has 0 atom stereocenters. The summed E-state index contributed by atoms with van der Waals surface area (Å²) in [4.78, 5) is 7.37. The van der Waals surface area contributed by atoms with Crippen molar-refractivity contribution in [3.63, 3.8) is 0 Å². The molecule has 0 amide bonds. The van der Waals surface area contributed by atoms with Crippen LogP contribution in [0, 0.1) is 5.82 Å². The number of rotatable bonds is 7. The molecule has 3 N–H and O–H groups in total. The molecule has 7 heteroatoms. The zero-order valence-electron chi connectivity index (χ0n) is 16.3. The van der Waals surface area contributed by atoms with E-state index in [0.29, 0.717) is 30.5 Å². The van der Waals surface area contributed by atoms with E-state index < -0.39 is 0 Å². The number of methoxy groups -OCH3 is 2. The van der Waals surface area contributed by atoms with Crippen molar-refractivity contribution in [1.29, 1.82) is 0 Å². The predicted octanol–water partition coefficient (Wildman–Crippen LogP) is 3.23. The van der Waals surface area contributed by atoms with E-state index >= 15 is 0 Å². The Morgan fingerprint density at radius 3 is 2.64 bits per heavy atom. The lowest BCUT2D eigenvalue weighted by atomic mass is 10.1. The van der Waals surface area contributed by atoms with E-state index in [0.717, 1.165) is 28.5 Å². The highest BCUT2D eigenvalue weighted by Gasteiger charge is 2.07. The number of guanidine groups is 1. The van der Waals surface area contributed by atoms with E-state index in [9.17, 15) is 4.39 Å². The van der Waals surface area contributed by atoms with Gasteiger partial charge in [-0.1, -0.05) is 6.07 Å². The maximum atomic E-state index is 13.3. The van der Waals surface area contributed by atoms with Gasteiger partial charge in [0.15, 0.2) is 17.5 Å². The number of fused-ring (bicyclic) bond motifs is 1. The molecule has 3 aromatic rings. The minimum atomic E-state index is -0.237. The van der Waals surface area contributed by atoms with E-state index in [1.807, 2.05) is 24.4 Å². The molecule has 3 rings (SSSR count). The number of nitrogens with one attached hydrogen (secondary N) is 3. The van der Waals surface area contributed by atoms with Crippen LogP contribution in [0.5, 0.6) is 11.5 Å². The molecule has 0 spiro atoms. The van der Waals surface area contributed by atoms with Gasteiger partial charge in [-0.2, -0.15) is 0 Å². The van der Waals surface area contributed by atoms with Crippen molar-refractivity contribution in [2.45, 2.75) is 13.0 Å². The Morgan fingerprint density at radius 2 is 1.89 bits per heavy atom. The lowest BCUT2D eigenvalue weighted by Crippen LogP contribution is -2.37. The van der Waals surface area contributed by atoms with Crippen LogP contribution in [0.15, 0.2) is 47.6 Å². The Morgan fingerprint density at radius 1 is 1.07 bits per heavy atom. The highest BCUT2D eigenvalue weighted by atomic mass is 19.1. The summed E-state index contributed by atoms with van der Waals surface area (Å²) >= 11 is 0. The smallest absolute Gasteiger partial charge is 0.191 e. The standard InChI is InChI=1S/C21H25FN4O2/c1-23-21(26-12-14-4-7-19(27-2)20(10-14)28-3)24-9-8-15-13-25-18-11-16(22)5-6-17(15)18/h4-7,10-11,13,25H,8-9,12H2,1-3H3,(H2,23,24,26). The van der Waals surface area contributed by atoms with Gasteiger partial charge >= 0.3 is 0 Å². The van der Waals surface area contributed by atoms with Crippen LogP contribution in [0.4, 0.5) is 4.39 Å². The maximum absolute atomic E-state index is 13.3. The molecule has 2 aromatic carbocycles. The molecule has 0 fully saturated rings. The van der Waals surface area contributed by atoms with Crippen LogP contribution < -0.4 is 20.1 Å². The Kier molecular flexibility index (Phi) is 6.37. The quantitative estimate of drug-likeness (QED) is 0.432. The molecule has 0 aliphatic rings.